The first kappa shape index (κ1) is 11.1. The normalized spacial score (nSPS) is 21.1. The molecule has 4 nitrogen and oxygen atoms in total. The summed E-state index contributed by atoms with van der Waals surface area (Å²) in [7, 11) is 0.132. The van der Waals surface area contributed by atoms with Crippen molar-refractivity contribution in [2.75, 3.05) is 6.54 Å². The molecule has 78 valence electrons. The third-order valence-corrected chi connectivity index (χ3v) is 2.73. The molecule has 1 rings (SSSR count). The van der Waals surface area contributed by atoms with Gasteiger partial charge in [0.25, 0.3) is 0 Å². The Morgan fingerprint density at radius 2 is 2.36 bits per heavy atom. The van der Waals surface area contributed by atoms with Gasteiger partial charge in [-0.25, -0.2) is 0 Å². The summed E-state index contributed by atoms with van der Waals surface area (Å²) >= 11 is 0. The number of amides is 2. The van der Waals surface area contributed by atoms with Crippen LogP contribution in [-0.2, 0) is 4.79 Å². The second-order valence-corrected chi connectivity index (χ2v) is 4.04. The average Bonchev–Trinajstić information content (AvgIpc) is 2.62. The van der Waals surface area contributed by atoms with E-state index in [1.54, 1.807) is 0 Å². The first-order valence-electron chi connectivity index (χ1n) is 5.13. The Bertz CT molecular complexity index is 221. The van der Waals surface area contributed by atoms with Gasteiger partial charge in [0.1, 0.15) is 0 Å². The Hall–Kier alpha value is -0.995. The fourth-order valence-corrected chi connectivity index (χ4v) is 2.03. The molecule has 1 saturated heterocycles. The first-order chi connectivity index (χ1) is 6.66. The summed E-state index contributed by atoms with van der Waals surface area (Å²) in [5, 5.41) is 2.41. The zero-order chi connectivity index (χ0) is 10.6. The summed E-state index contributed by atoms with van der Waals surface area (Å²) in [5.41, 5.74) is 0. The molecule has 1 fully saturated rings. The molecule has 1 N–H and O–H groups in total. The third kappa shape index (κ3) is 2.50. The van der Waals surface area contributed by atoms with Gasteiger partial charge in [0.15, 0.2) is 12.2 Å². The quantitative estimate of drug-likeness (QED) is 0.520. The molecule has 1 heterocycles. The maximum atomic E-state index is 11.6. The number of hydrogen-bond acceptors (Lipinski definition) is 2. The van der Waals surface area contributed by atoms with E-state index in [0.717, 1.165) is 19.4 Å². The van der Waals surface area contributed by atoms with Crippen molar-refractivity contribution in [2.45, 2.75) is 32.7 Å². The highest BCUT2D eigenvalue weighted by Crippen LogP contribution is 2.23. The summed E-state index contributed by atoms with van der Waals surface area (Å²) in [4.78, 5) is 23.6. The molecule has 1 aliphatic heterocycles. The average molecular weight is 196 g/mol. The van der Waals surface area contributed by atoms with Crippen molar-refractivity contribution < 1.29 is 9.59 Å². The van der Waals surface area contributed by atoms with Gasteiger partial charge in [-0.15, -0.1) is 0 Å². The monoisotopic (exact) mass is 196 g/mol. The smallest absolute Gasteiger partial charge is 0.343 e. The van der Waals surface area contributed by atoms with E-state index in [2.05, 4.69) is 19.1 Å². The van der Waals surface area contributed by atoms with E-state index in [1.165, 1.54) is 0 Å². The van der Waals surface area contributed by atoms with Gasteiger partial charge in [-0.3, -0.25) is 9.59 Å². The molecule has 0 spiro atoms. The summed E-state index contributed by atoms with van der Waals surface area (Å²) in [6.07, 6.45) is 2.73. The van der Waals surface area contributed by atoms with Crippen LogP contribution in [0.1, 0.15) is 26.7 Å². The largest absolute Gasteiger partial charge is 0.396 e. The molecular formula is C9H17BN2O2. The lowest BCUT2D eigenvalue weighted by Crippen LogP contribution is -2.43. The van der Waals surface area contributed by atoms with Crippen molar-refractivity contribution in [1.29, 1.82) is 0 Å². The van der Waals surface area contributed by atoms with E-state index in [9.17, 15) is 9.59 Å². The zero-order valence-corrected chi connectivity index (χ0v) is 8.82. The van der Waals surface area contributed by atoms with Crippen LogP contribution in [0.25, 0.3) is 0 Å². The molecule has 0 aliphatic carbocycles. The molecule has 0 bridgehead atoms. The maximum Gasteiger partial charge on any atom is 0.343 e. The number of nitrogens with one attached hydrogen (secondary N) is 1. The summed E-state index contributed by atoms with van der Waals surface area (Å²) in [6, 6.07) is 0.357. The Balaban J connectivity index is 2.49. The number of likely N-dealkylation sites (tertiary alicyclic amines) is 1. The van der Waals surface area contributed by atoms with Gasteiger partial charge < -0.3 is 10.1 Å². The molecule has 0 saturated carbocycles. The van der Waals surface area contributed by atoms with E-state index in [4.69, 9.17) is 0 Å². The number of rotatable bonds is 4. The van der Waals surface area contributed by atoms with Crippen LogP contribution in [0, 0.1) is 5.92 Å². The molecule has 1 atom stereocenters. The molecule has 0 radical (unpaired) electrons. The fraction of sp³-hybridized carbons (Fsp3) is 0.778. The van der Waals surface area contributed by atoms with E-state index < -0.39 is 0 Å². The summed E-state index contributed by atoms with van der Waals surface area (Å²) in [6.45, 7) is 5.09. The predicted molar refractivity (Wildman–Crippen MR) is 56.3 cm³/mol. The lowest BCUT2D eigenvalue weighted by atomic mass is 9.91. The standard InChI is InChI=1S/C9H17BN2O2/c1-7(2)8-4-3-5-12(8)9(14)10-11-6-13/h6-8,10H,3-5H2,1-2H3,(H,11,13). The molecule has 2 amide bonds. The minimum absolute atomic E-state index is 0.0355. The topological polar surface area (TPSA) is 49.4 Å². The second-order valence-electron chi connectivity index (χ2n) is 4.04. The number of carbonyl (C=O) groups excluding carboxylic acids is 2. The van der Waals surface area contributed by atoms with E-state index in [0.29, 0.717) is 18.4 Å². The van der Waals surface area contributed by atoms with Gasteiger partial charge in [0.2, 0.25) is 0 Å². The van der Waals surface area contributed by atoms with Crippen LogP contribution >= 0.6 is 0 Å². The number of carbonyl (C=O) groups is 2. The lowest BCUT2D eigenvalue weighted by molar-refractivity contribution is -0.108. The van der Waals surface area contributed by atoms with Crippen LogP contribution in [0.4, 0.5) is 4.79 Å². The maximum absolute atomic E-state index is 11.6. The molecular weight excluding hydrogens is 179 g/mol. The van der Waals surface area contributed by atoms with Gasteiger partial charge in [-0.05, 0) is 18.8 Å². The van der Waals surface area contributed by atoms with Gasteiger partial charge in [0, 0.05) is 12.6 Å². The van der Waals surface area contributed by atoms with Crippen LogP contribution in [-0.4, -0.2) is 37.1 Å². The highest BCUT2D eigenvalue weighted by atomic mass is 16.2. The molecule has 1 unspecified atom stereocenters. The minimum Gasteiger partial charge on any atom is -0.396 e. The van der Waals surface area contributed by atoms with Crippen molar-refractivity contribution >= 4 is 19.6 Å². The van der Waals surface area contributed by atoms with Gasteiger partial charge >= 0.3 is 7.41 Å². The van der Waals surface area contributed by atoms with E-state index >= 15 is 0 Å². The van der Waals surface area contributed by atoms with Crippen LogP contribution < -0.4 is 5.23 Å². The molecule has 5 heteroatoms. The van der Waals surface area contributed by atoms with Crippen molar-refractivity contribution in [3.63, 3.8) is 0 Å². The van der Waals surface area contributed by atoms with Crippen LogP contribution in [0.3, 0.4) is 0 Å². The lowest BCUT2D eigenvalue weighted by Gasteiger charge is -2.27. The molecule has 0 aromatic carbocycles. The van der Waals surface area contributed by atoms with Gasteiger partial charge in [-0.2, -0.15) is 0 Å². The number of hydrogen-bond donors (Lipinski definition) is 1. The minimum atomic E-state index is 0.0355. The van der Waals surface area contributed by atoms with Crippen LogP contribution in [0.2, 0.25) is 0 Å². The Morgan fingerprint density at radius 1 is 1.64 bits per heavy atom. The van der Waals surface area contributed by atoms with Gasteiger partial charge in [0.05, 0.1) is 0 Å². The molecule has 0 aromatic rings. The molecule has 14 heavy (non-hydrogen) atoms. The van der Waals surface area contributed by atoms with Crippen molar-refractivity contribution in [1.82, 2.24) is 10.1 Å². The van der Waals surface area contributed by atoms with Crippen molar-refractivity contribution in [3.05, 3.63) is 0 Å². The fourth-order valence-electron chi connectivity index (χ4n) is 2.03. The highest BCUT2D eigenvalue weighted by molar-refractivity contribution is 6.72. The second kappa shape index (κ2) is 5.03. The summed E-state index contributed by atoms with van der Waals surface area (Å²) < 4.78 is 0. The first-order valence-corrected chi connectivity index (χ1v) is 5.13. The van der Waals surface area contributed by atoms with Crippen LogP contribution in [0.15, 0.2) is 0 Å². The zero-order valence-electron chi connectivity index (χ0n) is 8.82. The third-order valence-electron chi connectivity index (χ3n) is 2.73. The van der Waals surface area contributed by atoms with Crippen molar-refractivity contribution in [2.24, 2.45) is 5.92 Å². The Kier molecular flexibility index (Phi) is 3.98. The van der Waals surface area contributed by atoms with Gasteiger partial charge in [-0.1, -0.05) is 13.8 Å². The molecule has 0 aromatic heterocycles. The molecule has 1 aliphatic rings. The van der Waals surface area contributed by atoms with E-state index in [-0.39, 0.29) is 13.2 Å². The Morgan fingerprint density at radius 3 is 2.93 bits per heavy atom. The van der Waals surface area contributed by atoms with Crippen LogP contribution in [0.5, 0.6) is 0 Å². The predicted octanol–water partition coefficient (Wildman–Crippen LogP) is 0.324. The summed E-state index contributed by atoms with van der Waals surface area (Å²) in [5.74, 6) is 0.533. The Labute approximate surface area is 85.3 Å². The van der Waals surface area contributed by atoms with Crippen molar-refractivity contribution in [3.8, 4) is 0 Å². The SMILES string of the molecule is CC(C)C1CCCN1C(=O)BNC=O. The van der Waals surface area contributed by atoms with E-state index in [1.807, 2.05) is 4.90 Å². The number of nitrogens with zero attached hydrogens (tertiary/aromatic N) is 1. The highest BCUT2D eigenvalue weighted by Gasteiger charge is 2.30.